The van der Waals surface area contributed by atoms with Gasteiger partial charge >= 0.3 is 0 Å². The van der Waals surface area contributed by atoms with Crippen LogP contribution < -0.4 is 4.74 Å². The molecule has 0 radical (unpaired) electrons. The molecular weight excluding hydrogens is 224 g/mol. The lowest BCUT2D eigenvalue weighted by molar-refractivity contribution is -0.116. The third-order valence-corrected chi connectivity index (χ3v) is 3.33. The monoisotopic (exact) mass is 246 g/mol. The molecule has 18 heavy (non-hydrogen) atoms. The molecule has 1 saturated carbocycles. The van der Waals surface area contributed by atoms with Crippen molar-refractivity contribution in [3.8, 4) is 5.75 Å². The van der Waals surface area contributed by atoms with Gasteiger partial charge in [0.1, 0.15) is 5.75 Å². The summed E-state index contributed by atoms with van der Waals surface area (Å²) < 4.78 is 11.7. The van der Waals surface area contributed by atoms with Crippen molar-refractivity contribution < 1.29 is 9.47 Å². The van der Waals surface area contributed by atoms with Gasteiger partial charge in [-0.1, -0.05) is 44.1 Å². The standard InChI is InChI=1S/C16H22O2/c1-3-14-8-7-11-16(12-14)18-13(2)17-15-9-5-4-6-10-15/h3,7-8,11-13,15H,1,4-6,9-10H2,2H3. The van der Waals surface area contributed by atoms with Crippen molar-refractivity contribution in [1.82, 2.24) is 0 Å². The minimum absolute atomic E-state index is 0.187. The van der Waals surface area contributed by atoms with E-state index in [-0.39, 0.29) is 6.29 Å². The lowest BCUT2D eigenvalue weighted by atomic mass is 9.98. The van der Waals surface area contributed by atoms with Crippen molar-refractivity contribution in [3.63, 3.8) is 0 Å². The molecule has 1 aliphatic carbocycles. The molecule has 98 valence electrons. The molecule has 0 amide bonds. The van der Waals surface area contributed by atoms with Crippen molar-refractivity contribution in [1.29, 1.82) is 0 Å². The Kier molecular flexibility index (Phi) is 4.82. The maximum atomic E-state index is 5.92. The zero-order chi connectivity index (χ0) is 12.8. The zero-order valence-electron chi connectivity index (χ0n) is 11.1. The topological polar surface area (TPSA) is 18.5 Å². The maximum Gasteiger partial charge on any atom is 0.197 e. The molecule has 0 heterocycles. The van der Waals surface area contributed by atoms with E-state index in [1.165, 1.54) is 32.1 Å². The number of hydrogen-bond acceptors (Lipinski definition) is 2. The summed E-state index contributed by atoms with van der Waals surface area (Å²) in [6.07, 6.45) is 8.24. The summed E-state index contributed by atoms with van der Waals surface area (Å²) in [5.41, 5.74) is 1.07. The molecule has 2 nitrogen and oxygen atoms in total. The van der Waals surface area contributed by atoms with E-state index in [1.54, 1.807) is 0 Å². The molecule has 2 heteroatoms. The third-order valence-electron chi connectivity index (χ3n) is 3.33. The van der Waals surface area contributed by atoms with Crippen LogP contribution in [0.25, 0.3) is 6.08 Å². The Hall–Kier alpha value is -1.28. The molecule has 0 spiro atoms. The first-order chi connectivity index (χ1) is 8.78. The Morgan fingerprint density at radius 3 is 2.78 bits per heavy atom. The van der Waals surface area contributed by atoms with Crippen molar-refractivity contribution >= 4 is 6.08 Å². The largest absolute Gasteiger partial charge is 0.465 e. The Morgan fingerprint density at radius 2 is 2.06 bits per heavy atom. The molecule has 0 aliphatic heterocycles. The van der Waals surface area contributed by atoms with Gasteiger partial charge in [-0.3, -0.25) is 0 Å². The van der Waals surface area contributed by atoms with Crippen LogP contribution in [0.2, 0.25) is 0 Å². The van der Waals surface area contributed by atoms with Gasteiger partial charge in [-0.25, -0.2) is 0 Å². The van der Waals surface area contributed by atoms with Gasteiger partial charge in [-0.2, -0.15) is 0 Å². The molecule has 0 saturated heterocycles. The summed E-state index contributed by atoms with van der Waals surface area (Å²) >= 11 is 0. The first kappa shape index (κ1) is 13.2. The lowest BCUT2D eigenvalue weighted by Gasteiger charge is -2.26. The summed E-state index contributed by atoms with van der Waals surface area (Å²) in [4.78, 5) is 0. The normalized spacial score (nSPS) is 18.3. The van der Waals surface area contributed by atoms with E-state index in [2.05, 4.69) is 6.58 Å². The Morgan fingerprint density at radius 1 is 1.28 bits per heavy atom. The van der Waals surface area contributed by atoms with Gasteiger partial charge in [-0.15, -0.1) is 0 Å². The van der Waals surface area contributed by atoms with Crippen LogP contribution in [0.4, 0.5) is 0 Å². The molecule has 2 rings (SSSR count). The van der Waals surface area contributed by atoms with E-state index in [0.29, 0.717) is 6.10 Å². The Bertz CT molecular complexity index is 380. The van der Waals surface area contributed by atoms with Gasteiger partial charge in [0.05, 0.1) is 6.10 Å². The molecule has 0 aromatic heterocycles. The second-order valence-electron chi connectivity index (χ2n) is 4.86. The average Bonchev–Trinajstić information content (AvgIpc) is 2.40. The van der Waals surface area contributed by atoms with E-state index < -0.39 is 0 Å². The fourth-order valence-corrected chi connectivity index (χ4v) is 2.41. The Balaban J connectivity index is 1.85. The van der Waals surface area contributed by atoms with Crippen LogP contribution in [0.3, 0.4) is 0 Å². The van der Waals surface area contributed by atoms with Crippen LogP contribution in [0.1, 0.15) is 44.6 Å². The second-order valence-corrected chi connectivity index (χ2v) is 4.86. The predicted molar refractivity (Wildman–Crippen MR) is 74.6 cm³/mol. The van der Waals surface area contributed by atoms with E-state index in [0.717, 1.165) is 11.3 Å². The van der Waals surface area contributed by atoms with Crippen molar-refractivity contribution in [2.45, 2.75) is 51.4 Å². The fourth-order valence-electron chi connectivity index (χ4n) is 2.41. The quantitative estimate of drug-likeness (QED) is 0.717. The van der Waals surface area contributed by atoms with Crippen LogP contribution in [0, 0.1) is 0 Å². The van der Waals surface area contributed by atoms with Crippen LogP contribution in [0.15, 0.2) is 30.8 Å². The molecule has 1 aromatic carbocycles. The minimum Gasteiger partial charge on any atom is -0.465 e. The fraction of sp³-hybridized carbons (Fsp3) is 0.500. The maximum absolute atomic E-state index is 5.92. The van der Waals surface area contributed by atoms with Crippen molar-refractivity contribution in [2.24, 2.45) is 0 Å². The van der Waals surface area contributed by atoms with E-state index in [4.69, 9.17) is 9.47 Å². The highest BCUT2D eigenvalue weighted by Gasteiger charge is 2.17. The molecule has 0 bridgehead atoms. The molecule has 0 N–H and O–H groups in total. The van der Waals surface area contributed by atoms with Crippen LogP contribution >= 0.6 is 0 Å². The first-order valence-electron chi connectivity index (χ1n) is 6.82. The predicted octanol–water partition coefficient (Wildman–Crippen LogP) is 4.40. The van der Waals surface area contributed by atoms with Crippen molar-refractivity contribution in [2.75, 3.05) is 0 Å². The van der Waals surface area contributed by atoms with Crippen LogP contribution in [0.5, 0.6) is 5.75 Å². The smallest absolute Gasteiger partial charge is 0.197 e. The number of hydrogen-bond donors (Lipinski definition) is 0. The SMILES string of the molecule is C=Cc1cccc(OC(C)OC2CCCCC2)c1. The van der Waals surface area contributed by atoms with Gasteiger partial charge in [-0.05, 0) is 37.5 Å². The van der Waals surface area contributed by atoms with Crippen LogP contribution in [-0.4, -0.2) is 12.4 Å². The molecule has 1 atom stereocenters. The third kappa shape index (κ3) is 3.88. The summed E-state index contributed by atoms with van der Waals surface area (Å²) in [7, 11) is 0. The van der Waals surface area contributed by atoms with Gasteiger partial charge in [0.2, 0.25) is 0 Å². The summed E-state index contributed by atoms with van der Waals surface area (Å²) in [6, 6.07) is 7.91. The van der Waals surface area contributed by atoms with E-state index >= 15 is 0 Å². The minimum atomic E-state index is -0.187. The number of ether oxygens (including phenoxy) is 2. The number of benzene rings is 1. The molecular formula is C16H22O2. The van der Waals surface area contributed by atoms with E-state index in [1.807, 2.05) is 37.3 Å². The molecule has 1 unspecified atom stereocenters. The van der Waals surface area contributed by atoms with E-state index in [9.17, 15) is 0 Å². The van der Waals surface area contributed by atoms with Gasteiger partial charge in [0.15, 0.2) is 6.29 Å². The highest BCUT2D eigenvalue weighted by atomic mass is 16.7. The molecule has 1 fully saturated rings. The van der Waals surface area contributed by atoms with Gasteiger partial charge in [0.25, 0.3) is 0 Å². The highest BCUT2D eigenvalue weighted by molar-refractivity contribution is 5.49. The Labute approximate surface area is 110 Å². The lowest BCUT2D eigenvalue weighted by Crippen LogP contribution is -2.26. The summed E-state index contributed by atoms with van der Waals surface area (Å²) in [5.74, 6) is 0.843. The summed E-state index contributed by atoms with van der Waals surface area (Å²) in [6.45, 7) is 5.73. The summed E-state index contributed by atoms with van der Waals surface area (Å²) in [5, 5.41) is 0. The molecule has 1 aromatic rings. The van der Waals surface area contributed by atoms with Crippen LogP contribution in [-0.2, 0) is 4.74 Å². The zero-order valence-corrected chi connectivity index (χ0v) is 11.1. The first-order valence-corrected chi connectivity index (χ1v) is 6.82. The van der Waals surface area contributed by atoms with Crippen molar-refractivity contribution in [3.05, 3.63) is 36.4 Å². The van der Waals surface area contributed by atoms with Gasteiger partial charge < -0.3 is 9.47 Å². The highest BCUT2D eigenvalue weighted by Crippen LogP contribution is 2.23. The second kappa shape index (κ2) is 6.60. The molecule has 1 aliphatic rings. The average molecular weight is 246 g/mol. The van der Waals surface area contributed by atoms with Gasteiger partial charge in [0, 0.05) is 0 Å². The number of rotatable bonds is 5.